The van der Waals surface area contributed by atoms with E-state index in [-0.39, 0.29) is 30.7 Å². The SMILES string of the molecule is Cc1c(C(C)NC(=O)[C@H]2CC(n3cc(-c4c(Cl)cccc4Cl)nn3)CN2C(=O)OC(C)(C)C)cnn1-c1ccc(F)cc1. The Bertz CT molecular complexity index is 1630. The van der Waals surface area contributed by atoms with Gasteiger partial charge in [0.1, 0.15) is 23.2 Å². The number of aromatic nitrogens is 5. The molecule has 1 fully saturated rings. The van der Waals surface area contributed by atoms with Crippen molar-refractivity contribution in [3.63, 3.8) is 0 Å². The largest absolute Gasteiger partial charge is 0.444 e. The highest BCUT2D eigenvalue weighted by molar-refractivity contribution is 6.39. The molecule has 0 radical (unpaired) electrons. The molecule has 226 valence electrons. The van der Waals surface area contributed by atoms with Gasteiger partial charge in [0.2, 0.25) is 5.91 Å². The second-order valence-electron chi connectivity index (χ2n) is 11.5. The van der Waals surface area contributed by atoms with Gasteiger partial charge in [-0.2, -0.15) is 5.10 Å². The third-order valence-electron chi connectivity index (χ3n) is 7.26. The molecule has 2 amide bonds. The average molecular weight is 629 g/mol. The molecule has 0 aliphatic carbocycles. The minimum atomic E-state index is -0.827. The number of ether oxygens (including phenoxy) is 1. The highest BCUT2D eigenvalue weighted by Crippen LogP contribution is 2.35. The number of benzene rings is 2. The van der Waals surface area contributed by atoms with E-state index in [9.17, 15) is 14.0 Å². The van der Waals surface area contributed by atoms with Crippen molar-refractivity contribution in [1.82, 2.24) is 35.0 Å². The molecule has 4 aromatic rings. The van der Waals surface area contributed by atoms with Gasteiger partial charge in [-0.1, -0.05) is 34.5 Å². The summed E-state index contributed by atoms with van der Waals surface area (Å²) >= 11 is 12.7. The molecule has 1 saturated heterocycles. The van der Waals surface area contributed by atoms with Crippen LogP contribution in [-0.2, 0) is 9.53 Å². The first-order valence-electron chi connectivity index (χ1n) is 13.8. The van der Waals surface area contributed by atoms with Crippen molar-refractivity contribution in [2.24, 2.45) is 0 Å². The monoisotopic (exact) mass is 627 g/mol. The quantitative estimate of drug-likeness (QED) is 0.268. The molecule has 43 heavy (non-hydrogen) atoms. The van der Waals surface area contributed by atoms with E-state index >= 15 is 0 Å². The Morgan fingerprint density at radius 3 is 2.44 bits per heavy atom. The molecule has 2 aromatic carbocycles. The Hall–Kier alpha value is -3.96. The molecule has 0 spiro atoms. The Balaban J connectivity index is 1.37. The first-order valence-corrected chi connectivity index (χ1v) is 14.5. The van der Waals surface area contributed by atoms with Gasteiger partial charge in [0, 0.05) is 29.8 Å². The summed E-state index contributed by atoms with van der Waals surface area (Å²) in [4.78, 5) is 28.4. The lowest BCUT2D eigenvalue weighted by Crippen LogP contribution is -2.48. The fourth-order valence-electron chi connectivity index (χ4n) is 5.17. The number of rotatable bonds is 6. The average Bonchev–Trinajstić information content (AvgIpc) is 3.67. The van der Waals surface area contributed by atoms with Crippen LogP contribution in [0.1, 0.15) is 57.5 Å². The fraction of sp³-hybridized carbons (Fsp3) is 0.367. The lowest BCUT2D eigenvalue weighted by molar-refractivity contribution is -0.126. The molecule has 3 atom stereocenters. The van der Waals surface area contributed by atoms with E-state index in [2.05, 4.69) is 20.7 Å². The van der Waals surface area contributed by atoms with Crippen molar-refractivity contribution >= 4 is 35.2 Å². The van der Waals surface area contributed by atoms with Crippen LogP contribution in [0, 0.1) is 12.7 Å². The number of likely N-dealkylation sites (tertiary alicyclic amines) is 1. The zero-order valence-electron chi connectivity index (χ0n) is 24.4. The van der Waals surface area contributed by atoms with E-state index in [1.165, 1.54) is 17.0 Å². The standard InChI is InChI=1S/C30H32Cl2FN7O3/c1-17(22-14-34-40(18(22)2)20-11-9-19(33)10-12-20)35-28(41)26-13-21(15-38(26)29(42)43-30(3,4)5)39-16-25(36-37-39)27-23(31)7-6-8-24(27)32/h6-12,14,16-17,21,26H,13,15H2,1-5H3,(H,35,41)/t17?,21?,26-/m1/s1. The van der Waals surface area contributed by atoms with E-state index in [0.717, 1.165) is 11.3 Å². The van der Waals surface area contributed by atoms with Crippen LogP contribution in [0.4, 0.5) is 9.18 Å². The zero-order valence-corrected chi connectivity index (χ0v) is 25.9. The summed E-state index contributed by atoms with van der Waals surface area (Å²) in [5, 5.41) is 16.9. The predicted octanol–water partition coefficient (Wildman–Crippen LogP) is 6.31. The van der Waals surface area contributed by atoms with Crippen molar-refractivity contribution < 1.29 is 18.7 Å². The molecular weight excluding hydrogens is 596 g/mol. The molecule has 2 aromatic heterocycles. The van der Waals surface area contributed by atoms with Gasteiger partial charge in [-0.25, -0.2) is 18.5 Å². The van der Waals surface area contributed by atoms with Crippen molar-refractivity contribution in [3.8, 4) is 16.9 Å². The molecule has 1 aliphatic heterocycles. The second kappa shape index (κ2) is 12.0. The van der Waals surface area contributed by atoms with Gasteiger partial charge < -0.3 is 10.1 Å². The fourth-order valence-corrected chi connectivity index (χ4v) is 5.76. The molecule has 0 bridgehead atoms. The maximum Gasteiger partial charge on any atom is 0.411 e. The molecule has 1 N–H and O–H groups in total. The number of hydrogen-bond acceptors (Lipinski definition) is 6. The third-order valence-corrected chi connectivity index (χ3v) is 7.89. The molecule has 1 aliphatic rings. The minimum Gasteiger partial charge on any atom is -0.444 e. The summed E-state index contributed by atoms with van der Waals surface area (Å²) in [6.45, 7) is 9.22. The number of amides is 2. The van der Waals surface area contributed by atoms with Gasteiger partial charge in [-0.05, 0) is 71.0 Å². The summed E-state index contributed by atoms with van der Waals surface area (Å²) in [5.41, 5.74) is 2.56. The van der Waals surface area contributed by atoms with Crippen LogP contribution in [0.25, 0.3) is 16.9 Å². The first kappa shape index (κ1) is 30.5. The van der Waals surface area contributed by atoms with Crippen LogP contribution in [0.5, 0.6) is 0 Å². The van der Waals surface area contributed by atoms with Gasteiger partial charge in [0.05, 0.1) is 40.2 Å². The summed E-state index contributed by atoms with van der Waals surface area (Å²) in [5.74, 6) is -0.683. The molecular formula is C30H32Cl2FN7O3. The molecule has 13 heteroatoms. The lowest BCUT2D eigenvalue weighted by atomic mass is 10.1. The van der Waals surface area contributed by atoms with Crippen LogP contribution < -0.4 is 5.32 Å². The van der Waals surface area contributed by atoms with Crippen molar-refractivity contribution in [2.45, 2.75) is 64.8 Å². The zero-order chi connectivity index (χ0) is 31.1. The van der Waals surface area contributed by atoms with Gasteiger partial charge in [-0.3, -0.25) is 9.69 Å². The summed E-state index contributed by atoms with van der Waals surface area (Å²) in [6.07, 6.45) is 3.06. The maximum atomic E-state index is 13.7. The molecule has 0 saturated carbocycles. The number of nitrogens with zero attached hydrogens (tertiary/aromatic N) is 6. The highest BCUT2D eigenvalue weighted by Gasteiger charge is 2.43. The van der Waals surface area contributed by atoms with Crippen molar-refractivity contribution in [1.29, 1.82) is 0 Å². The lowest BCUT2D eigenvalue weighted by Gasteiger charge is -2.28. The Kier molecular flexibility index (Phi) is 8.49. The predicted molar refractivity (Wildman–Crippen MR) is 161 cm³/mol. The molecule has 10 nitrogen and oxygen atoms in total. The topological polar surface area (TPSA) is 107 Å². The summed E-state index contributed by atoms with van der Waals surface area (Å²) in [6, 6.07) is 9.56. The number of halogens is 3. The van der Waals surface area contributed by atoms with E-state index in [1.807, 2.05) is 13.8 Å². The Morgan fingerprint density at radius 1 is 1.12 bits per heavy atom. The van der Waals surface area contributed by atoms with Crippen molar-refractivity contribution in [2.75, 3.05) is 6.54 Å². The van der Waals surface area contributed by atoms with Crippen LogP contribution in [0.2, 0.25) is 10.0 Å². The number of carbonyl (C=O) groups excluding carboxylic acids is 2. The molecule has 3 heterocycles. The van der Waals surface area contributed by atoms with E-state index < -0.39 is 23.8 Å². The number of nitrogens with one attached hydrogen (secondary N) is 1. The van der Waals surface area contributed by atoms with Crippen LogP contribution in [0.3, 0.4) is 0 Å². The Morgan fingerprint density at radius 2 is 1.79 bits per heavy atom. The van der Waals surface area contributed by atoms with Crippen LogP contribution in [-0.4, -0.2) is 59.9 Å². The second-order valence-corrected chi connectivity index (χ2v) is 12.3. The van der Waals surface area contributed by atoms with Crippen LogP contribution >= 0.6 is 23.2 Å². The summed E-state index contributed by atoms with van der Waals surface area (Å²) < 4.78 is 22.4. The number of hydrogen-bond donors (Lipinski definition) is 1. The Labute approximate surface area is 258 Å². The molecule has 5 rings (SSSR count). The van der Waals surface area contributed by atoms with Gasteiger partial charge in [0.25, 0.3) is 0 Å². The van der Waals surface area contributed by atoms with Gasteiger partial charge in [0.15, 0.2) is 0 Å². The van der Waals surface area contributed by atoms with Crippen LogP contribution in [0.15, 0.2) is 54.9 Å². The van der Waals surface area contributed by atoms with Gasteiger partial charge in [-0.15, -0.1) is 5.10 Å². The highest BCUT2D eigenvalue weighted by atomic mass is 35.5. The summed E-state index contributed by atoms with van der Waals surface area (Å²) in [7, 11) is 0. The normalized spacial score (nSPS) is 17.6. The minimum absolute atomic E-state index is 0.183. The van der Waals surface area contributed by atoms with E-state index in [1.54, 1.807) is 72.9 Å². The molecule has 2 unspecified atom stereocenters. The first-order chi connectivity index (χ1) is 20.3. The van der Waals surface area contributed by atoms with E-state index in [4.69, 9.17) is 27.9 Å². The van der Waals surface area contributed by atoms with E-state index in [0.29, 0.717) is 27.0 Å². The number of carbonyl (C=O) groups is 2. The maximum absolute atomic E-state index is 13.7. The smallest absolute Gasteiger partial charge is 0.411 e. The van der Waals surface area contributed by atoms with Gasteiger partial charge >= 0.3 is 6.09 Å². The van der Waals surface area contributed by atoms with Crippen molar-refractivity contribution in [3.05, 3.63) is 82.0 Å². The third kappa shape index (κ3) is 6.52.